The van der Waals surface area contributed by atoms with Gasteiger partial charge in [0, 0.05) is 24.1 Å². The number of hydrogen-bond donors (Lipinski definition) is 1. The lowest BCUT2D eigenvalue weighted by Gasteiger charge is -2.07. The maximum atomic E-state index is 13.3. The van der Waals surface area contributed by atoms with Crippen LogP contribution in [0.4, 0.5) is 23.2 Å². The molecule has 0 fully saturated rings. The lowest BCUT2D eigenvalue weighted by atomic mass is 10.1. The second-order valence-corrected chi connectivity index (χ2v) is 6.09. The van der Waals surface area contributed by atoms with Crippen molar-refractivity contribution in [3.8, 4) is 11.5 Å². The number of rotatable bonds is 5. The second kappa shape index (κ2) is 7.79. The highest BCUT2D eigenvalue weighted by Crippen LogP contribution is 2.31. The first-order valence-electron chi connectivity index (χ1n) is 8.28. The Balaban J connectivity index is 1.64. The minimum absolute atomic E-state index is 0.0137. The summed E-state index contributed by atoms with van der Waals surface area (Å²) in [5.41, 5.74) is 0.377. The maximum Gasteiger partial charge on any atom is 0.416 e. The van der Waals surface area contributed by atoms with E-state index in [9.17, 15) is 22.4 Å². The van der Waals surface area contributed by atoms with E-state index in [0.29, 0.717) is 11.3 Å². The fraction of sp³-hybridized carbons (Fsp3) is 0.211. The van der Waals surface area contributed by atoms with Gasteiger partial charge in [-0.15, -0.1) is 10.2 Å². The van der Waals surface area contributed by atoms with Gasteiger partial charge >= 0.3 is 6.18 Å². The van der Waals surface area contributed by atoms with Crippen LogP contribution in [0, 0.1) is 12.7 Å². The normalized spacial score (nSPS) is 11.5. The average molecular weight is 393 g/mol. The largest absolute Gasteiger partial charge is 0.421 e. The number of hydrogen-bond acceptors (Lipinski definition) is 4. The van der Waals surface area contributed by atoms with Crippen LogP contribution < -0.4 is 5.32 Å². The second-order valence-electron chi connectivity index (χ2n) is 6.09. The molecule has 9 heteroatoms. The Morgan fingerprint density at radius 3 is 2.68 bits per heavy atom. The molecule has 0 spiro atoms. The number of alkyl halides is 3. The highest BCUT2D eigenvalue weighted by atomic mass is 19.4. The number of halogens is 4. The van der Waals surface area contributed by atoms with Crippen LogP contribution in [0.3, 0.4) is 0 Å². The summed E-state index contributed by atoms with van der Waals surface area (Å²) in [5, 5.41) is 10.1. The van der Waals surface area contributed by atoms with Gasteiger partial charge in [-0.3, -0.25) is 4.79 Å². The first kappa shape index (κ1) is 19.5. The zero-order valence-electron chi connectivity index (χ0n) is 14.7. The van der Waals surface area contributed by atoms with Gasteiger partial charge in [-0.25, -0.2) is 4.39 Å². The van der Waals surface area contributed by atoms with E-state index in [1.807, 2.05) is 0 Å². The van der Waals surface area contributed by atoms with Crippen LogP contribution in [-0.4, -0.2) is 16.1 Å². The van der Waals surface area contributed by atoms with E-state index in [4.69, 9.17) is 4.42 Å². The topological polar surface area (TPSA) is 68.0 Å². The Kier molecular flexibility index (Phi) is 5.43. The van der Waals surface area contributed by atoms with Gasteiger partial charge in [-0.1, -0.05) is 12.1 Å². The molecule has 2 aromatic carbocycles. The molecule has 0 saturated heterocycles. The molecule has 1 N–H and O–H groups in total. The summed E-state index contributed by atoms with van der Waals surface area (Å²) in [6.07, 6.45) is -4.40. The van der Waals surface area contributed by atoms with Crippen molar-refractivity contribution in [2.75, 3.05) is 5.32 Å². The highest BCUT2D eigenvalue weighted by molar-refractivity contribution is 5.91. The van der Waals surface area contributed by atoms with Crippen molar-refractivity contribution in [1.82, 2.24) is 10.2 Å². The predicted molar refractivity (Wildman–Crippen MR) is 92.8 cm³/mol. The molecule has 28 heavy (non-hydrogen) atoms. The molecular formula is C19H15F4N3O2. The summed E-state index contributed by atoms with van der Waals surface area (Å²) < 4.78 is 57.0. The zero-order chi connectivity index (χ0) is 20.3. The lowest BCUT2D eigenvalue weighted by molar-refractivity contribution is -0.137. The predicted octanol–water partition coefficient (Wildman–Crippen LogP) is 4.77. The molecule has 1 heterocycles. The highest BCUT2D eigenvalue weighted by Gasteiger charge is 2.30. The molecule has 0 bridgehead atoms. The summed E-state index contributed by atoms with van der Waals surface area (Å²) in [6, 6.07) is 8.58. The molecule has 3 aromatic rings. The number of aromatic nitrogens is 2. The van der Waals surface area contributed by atoms with Gasteiger partial charge in [-0.05, 0) is 42.8 Å². The number of benzene rings is 2. The number of aryl methyl sites for hydroxylation is 2. The molecule has 0 aliphatic carbocycles. The standard InChI is InChI=1S/C19H15F4N3O2/c1-11-5-6-14(20)10-15(11)24-16(27)7-8-17-25-26-18(28-17)12-3-2-4-13(9-12)19(21,22)23/h2-6,9-10H,7-8H2,1H3,(H,24,27). The molecule has 0 unspecified atom stereocenters. The zero-order valence-corrected chi connectivity index (χ0v) is 14.7. The van der Waals surface area contributed by atoms with Crippen molar-refractivity contribution in [1.29, 1.82) is 0 Å². The minimum Gasteiger partial charge on any atom is -0.421 e. The monoisotopic (exact) mass is 393 g/mol. The summed E-state index contributed by atoms with van der Waals surface area (Å²) >= 11 is 0. The number of anilines is 1. The Labute approximate surface area is 157 Å². The molecular weight excluding hydrogens is 378 g/mol. The summed E-state index contributed by atoms with van der Waals surface area (Å²) in [4.78, 5) is 12.0. The maximum absolute atomic E-state index is 13.3. The van der Waals surface area contributed by atoms with E-state index in [0.717, 1.165) is 12.1 Å². The fourth-order valence-corrected chi connectivity index (χ4v) is 2.46. The summed E-state index contributed by atoms with van der Waals surface area (Å²) in [7, 11) is 0. The van der Waals surface area contributed by atoms with E-state index in [1.165, 1.54) is 24.3 Å². The number of carbonyl (C=O) groups is 1. The number of carbonyl (C=O) groups excluding carboxylic acids is 1. The fourth-order valence-electron chi connectivity index (χ4n) is 2.46. The summed E-state index contributed by atoms with van der Waals surface area (Å²) in [5.74, 6) is -0.808. The first-order valence-corrected chi connectivity index (χ1v) is 8.28. The Bertz CT molecular complexity index is 999. The Morgan fingerprint density at radius 1 is 1.14 bits per heavy atom. The van der Waals surface area contributed by atoms with Crippen molar-refractivity contribution < 1.29 is 26.8 Å². The average Bonchev–Trinajstić information content (AvgIpc) is 3.12. The molecule has 0 radical (unpaired) electrons. The van der Waals surface area contributed by atoms with Crippen molar-refractivity contribution in [2.45, 2.75) is 25.9 Å². The van der Waals surface area contributed by atoms with Crippen LogP contribution in [-0.2, 0) is 17.4 Å². The Morgan fingerprint density at radius 2 is 1.93 bits per heavy atom. The molecule has 0 aliphatic heterocycles. The van der Waals surface area contributed by atoms with E-state index in [2.05, 4.69) is 15.5 Å². The lowest BCUT2D eigenvalue weighted by Crippen LogP contribution is -2.13. The van der Waals surface area contributed by atoms with Crippen LogP contribution in [0.25, 0.3) is 11.5 Å². The Hall–Kier alpha value is -3.23. The molecule has 5 nitrogen and oxygen atoms in total. The minimum atomic E-state index is -4.48. The van der Waals surface area contributed by atoms with Crippen LogP contribution in [0.5, 0.6) is 0 Å². The molecule has 0 atom stereocenters. The molecule has 1 aromatic heterocycles. The SMILES string of the molecule is Cc1ccc(F)cc1NC(=O)CCc1nnc(-c2cccc(C(F)(F)F)c2)o1. The van der Waals surface area contributed by atoms with E-state index < -0.39 is 17.6 Å². The van der Waals surface area contributed by atoms with Crippen LogP contribution >= 0.6 is 0 Å². The number of nitrogens with zero attached hydrogens (tertiary/aromatic N) is 2. The van der Waals surface area contributed by atoms with Gasteiger partial charge in [0.25, 0.3) is 0 Å². The van der Waals surface area contributed by atoms with E-state index in [-0.39, 0.29) is 36.1 Å². The van der Waals surface area contributed by atoms with E-state index >= 15 is 0 Å². The van der Waals surface area contributed by atoms with Crippen LogP contribution in [0.15, 0.2) is 46.9 Å². The van der Waals surface area contributed by atoms with Gasteiger partial charge in [0.1, 0.15) is 5.82 Å². The first-order chi connectivity index (χ1) is 13.2. The quantitative estimate of drug-likeness (QED) is 0.634. The van der Waals surface area contributed by atoms with Gasteiger partial charge in [0.05, 0.1) is 5.56 Å². The van der Waals surface area contributed by atoms with Gasteiger partial charge < -0.3 is 9.73 Å². The third kappa shape index (κ3) is 4.73. The summed E-state index contributed by atoms with van der Waals surface area (Å²) in [6.45, 7) is 1.73. The van der Waals surface area contributed by atoms with Crippen LogP contribution in [0.2, 0.25) is 0 Å². The van der Waals surface area contributed by atoms with Crippen molar-refractivity contribution in [3.05, 3.63) is 65.3 Å². The van der Waals surface area contributed by atoms with E-state index in [1.54, 1.807) is 13.0 Å². The third-order valence-electron chi connectivity index (χ3n) is 3.94. The molecule has 1 amide bonds. The molecule has 0 aliphatic rings. The molecule has 146 valence electrons. The smallest absolute Gasteiger partial charge is 0.416 e. The third-order valence-corrected chi connectivity index (χ3v) is 3.94. The molecule has 3 rings (SSSR count). The van der Waals surface area contributed by atoms with Crippen LogP contribution in [0.1, 0.15) is 23.4 Å². The van der Waals surface area contributed by atoms with Crippen molar-refractivity contribution >= 4 is 11.6 Å². The van der Waals surface area contributed by atoms with Gasteiger partial charge in [0.15, 0.2) is 0 Å². The number of nitrogens with one attached hydrogen (secondary N) is 1. The van der Waals surface area contributed by atoms with Crippen molar-refractivity contribution in [3.63, 3.8) is 0 Å². The molecule has 0 saturated carbocycles. The van der Waals surface area contributed by atoms with Gasteiger partial charge in [0.2, 0.25) is 17.7 Å². The number of amides is 1. The van der Waals surface area contributed by atoms with Gasteiger partial charge in [-0.2, -0.15) is 13.2 Å². The van der Waals surface area contributed by atoms with Crippen molar-refractivity contribution in [2.24, 2.45) is 0 Å².